The molecule has 1 saturated heterocycles. The van der Waals surface area contributed by atoms with Gasteiger partial charge >= 0.3 is 5.97 Å². The zero-order valence-electron chi connectivity index (χ0n) is 15.3. The van der Waals surface area contributed by atoms with E-state index in [9.17, 15) is 4.79 Å². The van der Waals surface area contributed by atoms with Gasteiger partial charge < -0.3 is 19.9 Å². The van der Waals surface area contributed by atoms with E-state index in [2.05, 4.69) is 38.4 Å². The van der Waals surface area contributed by atoms with E-state index in [1.807, 2.05) is 19.1 Å². The van der Waals surface area contributed by atoms with Crippen LogP contribution in [0, 0.1) is 5.92 Å². The second-order valence-corrected chi connectivity index (χ2v) is 6.30. The number of hydrogen-bond donors (Lipinski definition) is 2. The Morgan fingerprint density at radius 1 is 1.35 bits per heavy atom. The molecule has 0 amide bonds. The van der Waals surface area contributed by atoms with Crippen molar-refractivity contribution in [1.29, 1.82) is 0 Å². The van der Waals surface area contributed by atoms with Crippen LogP contribution in [-0.4, -0.2) is 48.6 Å². The van der Waals surface area contributed by atoms with Gasteiger partial charge in [-0.25, -0.2) is 0 Å². The maximum atomic E-state index is 11.8. The molecule has 3 rings (SSSR count). The summed E-state index contributed by atoms with van der Waals surface area (Å²) in [6, 6.07) is 10.4. The maximum absolute atomic E-state index is 11.8. The van der Waals surface area contributed by atoms with E-state index in [1.54, 1.807) is 7.05 Å². The highest BCUT2D eigenvalue weighted by molar-refractivity contribution is 14.0. The number of halogens is 1. The van der Waals surface area contributed by atoms with Crippen LogP contribution in [0.5, 0.6) is 0 Å². The average molecular weight is 470 g/mol. The molecule has 1 aromatic heterocycles. The molecule has 7 heteroatoms. The molecule has 0 aliphatic carbocycles. The topological polar surface area (TPSA) is 69.7 Å². The molecular weight excluding hydrogens is 443 g/mol. The number of likely N-dealkylation sites (tertiary alicyclic amines) is 1. The first-order chi connectivity index (χ1) is 12.2. The van der Waals surface area contributed by atoms with Crippen molar-refractivity contribution in [2.24, 2.45) is 10.9 Å². The fraction of sp³-hybridized carbons (Fsp3) is 0.474. The summed E-state index contributed by atoms with van der Waals surface area (Å²) in [6.45, 7) is 4.63. The van der Waals surface area contributed by atoms with Crippen LogP contribution in [0.25, 0.3) is 10.9 Å². The largest absolute Gasteiger partial charge is 0.466 e. The van der Waals surface area contributed by atoms with E-state index in [0.29, 0.717) is 13.2 Å². The third kappa shape index (κ3) is 4.90. The summed E-state index contributed by atoms with van der Waals surface area (Å²) in [4.78, 5) is 21.9. The molecule has 0 atom stereocenters. The Morgan fingerprint density at radius 3 is 2.73 bits per heavy atom. The molecule has 1 fully saturated rings. The van der Waals surface area contributed by atoms with Gasteiger partial charge in [0.15, 0.2) is 5.96 Å². The lowest BCUT2D eigenvalue weighted by Crippen LogP contribution is -2.46. The van der Waals surface area contributed by atoms with E-state index in [0.717, 1.165) is 43.1 Å². The van der Waals surface area contributed by atoms with Gasteiger partial charge in [-0.05, 0) is 37.3 Å². The summed E-state index contributed by atoms with van der Waals surface area (Å²) in [7, 11) is 1.80. The van der Waals surface area contributed by atoms with Gasteiger partial charge in [0.25, 0.3) is 0 Å². The summed E-state index contributed by atoms with van der Waals surface area (Å²) in [6.07, 6.45) is 1.62. The second-order valence-electron chi connectivity index (χ2n) is 6.30. The average Bonchev–Trinajstić information content (AvgIpc) is 3.06. The number of carbonyl (C=O) groups excluding carboxylic acids is 1. The van der Waals surface area contributed by atoms with E-state index < -0.39 is 0 Å². The van der Waals surface area contributed by atoms with Gasteiger partial charge in [-0.15, -0.1) is 24.0 Å². The number of esters is 1. The van der Waals surface area contributed by atoms with Gasteiger partial charge in [0.2, 0.25) is 0 Å². The van der Waals surface area contributed by atoms with Crippen molar-refractivity contribution in [3.8, 4) is 0 Å². The van der Waals surface area contributed by atoms with Crippen LogP contribution in [0.2, 0.25) is 0 Å². The highest BCUT2D eigenvalue weighted by Gasteiger charge is 2.27. The van der Waals surface area contributed by atoms with E-state index in [-0.39, 0.29) is 35.9 Å². The lowest BCUT2D eigenvalue weighted by atomic mass is 9.97. The monoisotopic (exact) mass is 470 g/mol. The predicted octanol–water partition coefficient (Wildman–Crippen LogP) is 3.14. The van der Waals surface area contributed by atoms with E-state index in [1.165, 1.54) is 5.39 Å². The Labute approximate surface area is 171 Å². The van der Waals surface area contributed by atoms with Crippen molar-refractivity contribution in [1.82, 2.24) is 15.2 Å². The van der Waals surface area contributed by atoms with Crippen LogP contribution in [-0.2, 0) is 16.1 Å². The molecular formula is C19H27IN4O2. The number of fused-ring (bicyclic) bond motifs is 1. The smallest absolute Gasteiger partial charge is 0.309 e. The van der Waals surface area contributed by atoms with Crippen LogP contribution in [0.1, 0.15) is 25.5 Å². The van der Waals surface area contributed by atoms with Gasteiger partial charge in [0.1, 0.15) is 0 Å². The number of benzene rings is 1. The fourth-order valence-corrected chi connectivity index (χ4v) is 3.32. The number of nitrogens with zero attached hydrogens (tertiary/aromatic N) is 2. The Balaban J connectivity index is 0.00000243. The summed E-state index contributed by atoms with van der Waals surface area (Å²) >= 11 is 0. The van der Waals surface area contributed by atoms with Crippen LogP contribution in [0.3, 0.4) is 0 Å². The number of para-hydroxylation sites is 1. The third-order valence-corrected chi connectivity index (χ3v) is 4.65. The quantitative estimate of drug-likeness (QED) is 0.312. The van der Waals surface area contributed by atoms with E-state index >= 15 is 0 Å². The number of carbonyl (C=O) groups is 1. The van der Waals surface area contributed by atoms with Gasteiger partial charge in [0.05, 0.1) is 19.1 Å². The number of nitrogens with one attached hydrogen (secondary N) is 2. The summed E-state index contributed by atoms with van der Waals surface area (Å²) < 4.78 is 5.13. The molecule has 142 valence electrons. The molecule has 26 heavy (non-hydrogen) atoms. The summed E-state index contributed by atoms with van der Waals surface area (Å²) in [5, 5.41) is 4.63. The van der Waals surface area contributed by atoms with Crippen LogP contribution < -0.4 is 5.32 Å². The highest BCUT2D eigenvalue weighted by atomic mass is 127. The Hall–Kier alpha value is -1.77. The van der Waals surface area contributed by atoms with Crippen LogP contribution in [0.15, 0.2) is 35.3 Å². The zero-order chi connectivity index (χ0) is 17.6. The van der Waals surface area contributed by atoms with Crippen molar-refractivity contribution in [2.45, 2.75) is 26.3 Å². The Morgan fingerprint density at radius 2 is 2.08 bits per heavy atom. The molecule has 1 aliphatic rings. The molecule has 6 nitrogen and oxygen atoms in total. The zero-order valence-corrected chi connectivity index (χ0v) is 17.7. The van der Waals surface area contributed by atoms with Crippen molar-refractivity contribution >= 4 is 46.8 Å². The Bertz CT molecular complexity index is 718. The number of aromatic amines is 1. The number of aliphatic imine (C=N–C) groups is 1. The standard InChI is InChI=1S/C19H26N4O2.HI/c1-3-25-18(24)14-8-10-23(11-9-14)19(20-2)21-13-16-12-15-6-4-5-7-17(15)22-16;/h4-7,12,14,22H,3,8-11,13H2,1-2H3,(H,20,21);1H. The van der Waals surface area contributed by atoms with Gasteiger partial charge in [-0.2, -0.15) is 0 Å². The molecule has 2 aromatic rings. The molecule has 1 aromatic carbocycles. The first kappa shape index (κ1) is 20.5. The SMILES string of the molecule is CCOC(=O)C1CCN(C(=NC)NCc2cc3ccccc3[nH]2)CC1.I. The minimum absolute atomic E-state index is 0. The molecule has 0 spiro atoms. The normalized spacial score (nSPS) is 15.6. The van der Waals surface area contributed by atoms with Crippen molar-refractivity contribution in [3.05, 3.63) is 36.0 Å². The number of ether oxygens (including phenoxy) is 1. The third-order valence-electron chi connectivity index (χ3n) is 4.65. The molecule has 2 heterocycles. The molecule has 2 N–H and O–H groups in total. The van der Waals surface area contributed by atoms with Gasteiger partial charge in [-0.1, -0.05) is 18.2 Å². The van der Waals surface area contributed by atoms with Crippen molar-refractivity contribution in [2.75, 3.05) is 26.7 Å². The minimum atomic E-state index is -0.0665. The van der Waals surface area contributed by atoms with Gasteiger partial charge in [0, 0.05) is 31.3 Å². The number of hydrogen-bond acceptors (Lipinski definition) is 3. The van der Waals surface area contributed by atoms with Crippen LogP contribution in [0.4, 0.5) is 0 Å². The number of rotatable bonds is 4. The minimum Gasteiger partial charge on any atom is -0.466 e. The van der Waals surface area contributed by atoms with E-state index in [4.69, 9.17) is 4.74 Å². The van der Waals surface area contributed by atoms with Gasteiger partial charge in [-0.3, -0.25) is 9.79 Å². The lowest BCUT2D eigenvalue weighted by Gasteiger charge is -2.33. The molecule has 0 radical (unpaired) electrons. The van der Waals surface area contributed by atoms with Crippen molar-refractivity contribution < 1.29 is 9.53 Å². The molecule has 0 unspecified atom stereocenters. The molecule has 0 bridgehead atoms. The molecule has 0 saturated carbocycles. The number of piperidine rings is 1. The first-order valence-electron chi connectivity index (χ1n) is 8.90. The molecule has 1 aliphatic heterocycles. The lowest BCUT2D eigenvalue weighted by molar-refractivity contribution is -0.149. The number of guanidine groups is 1. The second kappa shape index (κ2) is 9.80. The summed E-state index contributed by atoms with van der Waals surface area (Å²) in [5.74, 6) is 0.826. The van der Waals surface area contributed by atoms with Crippen LogP contribution >= 0.6 is 24.0 Å². The maximum Gasteiger partial charge on any atom is 0.309 e. The number of aromatic nitrogens is 1. The first-order valence-corrected chi connectivity index (χ1v) is 8.90. The number of H-pyrrole nitrogens is 1. The fourth-order valence-electron chi connectivity index (χ4n) is 3.32. The summed E-state index contributed by atoms with van der Waals surface area (Å²) in [5.41, 5.74) is 2.27. The Kier molecular flexibility index (Phi) is 7.74. The van der Waals surface area contributed by atoms with Crippen molar-refractivity contribution in [3.63, 3.8) is 0 Å². The predicted molar refractivity (Wildman–Crippen MR) is 115 cm³/mol. The highest BCUT2D eigenvalue weighted by Crippen LogP contribution is 2.19.